The van der Waals surface area contributed by atoms with E-state index in [-0.39, 0.29) is 6.04 Å². The SMILES string of the molecule is C=C/C(=C\N(C)N)c1cc2nccn2c(-c2cnn(C(CN)c3cccc(Cl)c3)c2)n1. The first-order valence-electron chi connectivity index (χ1n) is 9.66. The molecule has 3 heterocycles. The number of hydrogen-bond donors (Lipinski definition) is 2. The molecule has 31 heavy (non-hydrogen) atoms. The standard InChI is InChI=1S/C22H23ClN8/c1-3-15(13-29(2)25)19-10-21-26-7-8-30(21)22(28-19)17-12-27-31(14-17)20(11-24)16-5-4-6-18(23)9-16/h3-10,12-14,20H,1,11,24-25H2,2H3/b15-13+. The minimum absolute atomic E-state index is 0.150. The molecular formula is C22H23ClN8. The molecule has 1 atom stereocenters. The van der Waals surface area contributed by atoms with Gasteiger partial charge in [-0.3, -0.25) is 9.08 Å². The second kappa shape index (κ2) is 8.73. The van der Waals surface area contributed by atoms with E-state index >= 15 is 0 Å². The average Bonchev–Trinajstić information content (AvgIpc) is 3.41. The summed E-state index contributed by atoms with van der Waals surface area (Å²) in [5.74, 6) is 6.49. The second-order valence-electron chi connectivity index (χ2n) is 7.09. The molecule has 0 aliphatic heterocycles. The maximum Gasteiger partial charge on any atom is 0.149 e. The molecule has 158 valence electrons. The van der Waals surface area contributed by atoms with Crippen LogP contribution in [0.3, 0.4) is 0 Å². The number of aromatic nitrogens is 5. The van der Waals surface area contributed by atoms with Gasteiger partial charge in [0.1, 0.15) is 11.5 Å². The van der Waals surface area contributed by atoms with Crippen LogP contribution in [0.15, 0.2) is 74.0 Å². The first-order chi connectivity index (χ1) is 15.0. The molecule has 0 spiro atoms. The number of hydrogen-bond acceptors (Lipinski definition) is 6. The van der Waals surface area contributed by atoms with E-state index in [1.54, 1.807) is 31.7 Å². The van der Waals surface area contributed by atoms with E-state index in [9.17, 15) is 0 Å². The predicted octanol–water partition coefficient (Wildman–Crippen LogP) is 3.13. The van der Waals surface area contributed by atoms with Gasteiger partial charge in [0, 0.05) is 55.0 Å². The van der Waals surface area contributed by atoms with E-state index in [4.69, 9.17) is 28.2 Å². The van der Waals surface area contributed by atoms with Gasteiger partial charge < -0.3 is 10.7 Å². The highest BCUT2D eigenvalue weighted by molar-refractivity contribution is 6.30. The first-order valence-corrected chi connectivity index (χ1v) is 10.0. The number of nitrogens with zero attached hydrogens (tertiary/aromatic N) is 6. The van der Waals surface area contributed by atoms with Gasteiger partial charge in [-0.15, -0.1) is 0 Å². The fourth-order valence-electron chi connectivity index (χ4n) is 3.45. The molecule has 0 bridgehead atoms. The van der Waals surface area contributed by atoms with Crippen molar-refractivity contribution in [3.63, 3.8) is 0 Å². The third kappa shape index (κ3) is 4.22. The molecule has 4 aromatic rings. The van der Waals surface area contributed by atoms with Crippen LogP contribution in [0.4, 0.5) is 0 Å². The van der Waals surface area contributed by atoms with Crippen LogP contribution in [0.5, 0.6) is 0 Å². The molecule has 0 saturated heterocycles. The predicted molar refractivity (Wildman–Crippen MR) is 123 cm³/mol. The molecule has 1 unspecified atom stereocenters. The number of fused-ring (bicyclic) bond motifs is 1. The third-order valence-corrected chi connectivity index (χ3v) is 5.12. The highest BCUT2D eigenvalue weighted by Gasteiger charge is 2.17. The minimum atomic E-state index is -0.150. The highest BCUT2D eigenvalue weighted by atomic mass is 35.5. The Bertz CT molecular complexity index is 1250. The van der Waals surface area contributed by atoms with Crippen molar-refractivity contribution in [2.45, 2.75) is 6.04 Å². The van der Waals surface area contributed by atoms with Crippen molar-refractivity contribution >= 4 is 22.8 Å². The van der Waals surface area contributed by atoms with Crippen molar-refractivity contribution in [2.75, 3.05) is 13.6 Å². The fraction of sp³-hybridized carbons (Fsp3) is 0.136. The summed E-state index contributed by atoms with van der Waals surface area (Å²) in [6.07, 6.45) is 10.8. The normalized spacial score (nSPS) is 12.8. The Kier molecular flexibility index (Phi) is 5.85. The van der Waals surface area contributed by atoms with Crippen molar-refractivity contribution in [3.05, 3.63) is 90.3 Å². The zero-order chi connectivity index (χ0) is 22.0. The summed E-state index contributed by atoms with van der Waals surface area (Å²) in [5.41, 5.74) is 10.1. The van der Waals surface area contributed by atoms with Crippen molar-refractivity contribution in [3.8, 4) is 11.4 Å². The van der Waals surface area contributed by atoms with Gasteiger partial charge in [-0.1, -0.05) is 36.4 Å². The maximum absolute atomic E-state index is 6.17. The molecular weight excluding hydrogens is 412 g/mol. The van der Waals surface area contributed by atoms with Crippen LogP contribution in [0.2, 0.25) is 5.02 Å². The molecule has 0 aliphatic rings. The summed E-state index contributed by atoms with van der Waals surface area (Å²) in [6, 6.07) is 9.37. The summed E-state index contributed by atoms with van der Waals surface area (Å²) < 4.78 is 3.74. The number of benzene rings is 1. The Morgan fingerprint density at radius 3 is 2.90 bits per heavy atom. The van der Waals surface area contributed by atoms with Crippen LogP contribution in [-0.2, 0) is 0 Å². The van der Waals surface area contributed by atoms with Gasteiger partial charge in [-0.05, 0) is 17.7 Å². The number of nitrogens with two attached hydrogens (primary N) is 2. The van der Waals surface area contributed by atoms with Gasteiger partial charge >= 0.3 is 0 Å². The summed E-state index contributed by atoms with van der Waals surface area (Å²) in [7, 11) is 1.74. The summed E-state index contributed by atoms with van der Waals surface area (Å²) >= 11 is 6.17. The molecule has 0 radical (unpaired) electrons. The quantitative estimate of drug-likeness (QED) is 0.263. The van der Waals surface area contributed by atoms with Gasteiger partial charge in [0.25, 0.3) is 0 Å². The van der Waals surface area contributed by atoms with Crippen molar-refractivity contribution in [1.29, 1.82) is 0 Å². The number of hydrazine groups is 1. The zero-order valence-electron chi connectivity index (χ0n) is 17.1. The molecule has 0 saturated carbocycles. The lowest BCUT2D eigenvalue weighted by Gasteiger charge is -2.16. The van der Waals surface area contributed by atoms with E-state index in [1.807, 2.05) is 51.8 Å². The highest BCUT2D eigenvalue weighted by Crippen LogP contribution is 2.26. The van der Waals surface area contributed by atoms with Gasteiger partial charge in [-0.25, -0.2) is 15.8 Å². The largest absolute Gasteiger partial charge is 0.328 e. The van der Waals surface area contributed by atoms with Crippen LogP contribution in [0.25, 0.3) is 22.6 Å². The topological polar surface area (TPSA) is 103 Å². The Morgan fingerprint density at radius 2 is 2.19 bits per heavy atom. The summed E-state index contributed by atoms with van der Waals surface area (Å²) in [4.78, 5) is 9.28. The minimum Gasteiger partial charge on any atom is -0.328 e. The molecule has 0 amide bonds. The molecule has 4 rings (SSSR count). The number of halogens is 1. The van der Waals surface area contributed by atoms with Crippen LogP contribution in [0, 0.1) is 0 Å². The molecule has 1 aromatic carbocycles. The van der Waals surface area contributed by atoms with Gasteiger partial charge in [-0.2, -0.15) is 5.10 Å². The van der Waals surface area contributed by atoms with Crippen LogP contribution in [0.1, 0.15) is 17.3 Å². The lowest BCUT2D eigenvalue weighted by Crippen LogP contribution is -2.20. The monoisotopic (exact) mass is 434 g/mol. The van der Waals surface area contributed by atoms with E-state index in [0.29, 0.717) is 23.1 Å². The van der Waals surface area contributed by atoms with Crippen LogP contribution < -0.4 is 11.6 Å². The second-order valence-corrected chi connectivity index (χ2v) is 7.53. The van der Waals surface area contributed by atoms with E-state index in [1.165, 1.54) is 5.01 Å². The molecule has 0 fully saturated rings. The Morgan fingerprint density at radius 1 is 1.35 bits per heavy atom. The fourth-order valence-corrected chi connectivity index (χ4v) is 3.65. The molecule has 3 aromatic heterocycles. The van der Waals surface area contributed by atoms with Gasteiger partial charge in [0.05, 0.1) is 23.5 Å². The van der Waals surface area contributed by atoms with E-state index in [0.717, 1.165) is 22.3 Å². The van der Waals surface area contributed by atoms with Crippen molar-refractivity contribution in [2.24, 2.45) is 11.6 Å². The van der Waals surface area contributed by atoms with E-state index < -0.39 is 0 Å². The number of rotatable bonds is 7. The van der Waals surface area contributed by atoms with Crippen LogP contribution >= 0.6 is 11.6 Å². The third-order valence-electron chi connectivity index (χ3n) is 4.88. The maximum atomic E-state index is 6.17. The molecule has 9 heteroatoms. The van der Waals surface area contributed by atoms with Gasteiger partial charge in [0.2, 0.25) is 0 Å². The lowest BCUT2D eigenvalue weighted by atomic mass is 10.1. The summed E-state index contributed by atoms with van der Waals surface area (Å²) in [5, 5.41) is 6.68. The lowest BCUT2D eigenvalue weighted by molar-refractivity contribution is 0.486. The Labute approximate surface area is 185 Å². The summed E-state index contributed by atoms with van der Waals surface area (Å²) in [6.45, 7) is 4.26. The molecule has 4 N–H and O–H groups in total. The van der Waals surface area contributed by atoms with Crippen molar-refractivity contribution < 1.29 is 0 Å². The van der Waals surface area contributed by atoms with Gasteiger partial charge in [0.15, 0.2) is 0 Å². The van der Waals surface area contributed by atoms with Crippen LogP contribution in [-0.4, -0.2) is 42.8 Å². The van der Waals surface area contributed by atoms with E-state index in [2.05, 4.69) is 16.7 Å². The number of allylic oxidation sites excluding steroid dienone is 2. The first kappa shape index (κ1) is 20.8. The number of imidazole rings is 1. The molecule has 8 nitrogen and oxygen atoms in total. The van der Waals surface area contributed by atoms with Crippen molar-refractivity contribution in [1.82, 2.24) is 29.2 Å². The Balaban J connectivity index is 1.80. The molecule has 0 aliphatic carbocycles. The smallest absolute Gasteiger partial charge is 0.149 e. The average molecular weight is 435 g/mol. The zero-order valence-corrected chi connectivity index (χ0v) is 17.8. The Hall–Kier alpha value is -3.46.